The number of hydrogen-bond acceptors (Lipinski definition) is 1. The van der Waals surface area contributed by atoms with Gasteiger partial charge in [0, 0.05) is 11.3 Å². The fourth-order valence-corrected chi connectivity index (χ4v) is 6.76. The zero-order chi connectivity index (χ0) is 34.1. The van der Waals surface area contributed by atoms with Crippen LogP contribution in [0.15, 0.2) is 170 Å². The molecule has 0 atom stereocenters. The molecule has 0 N–H and O–H groups in total. The molecule has 0 spiro atoms. The Labute approximate surface area is 268 Å². The lowest BCUT2D eigenvalue weighted by Crippen LogP contribution is -1.97. The normalized spacial score (nSPS) is 13.1. The molecule has 9 rings (SSSR count). The first-order chi connectivity index (χ1) is 24.4. The molecule has 8 aromatic carbocycles. The summed E-state index contributed by atoms with van der Waals surface area (Å²) in [6, 6.07) is 46.1. The molecule has 0 fully saturated rings. The number of rotatable bonds is 4. The maximum Gasteiger partial charge on any atom is 0.145 e. The average Bonchev–Trinajstić information content (AvgIpc) is 3.54. The largest absolute Gasteiger partial charge is 0.292 e. The molecular formula is C43H28N2. The Hall–Kier alpha value is -5.99. The Balaban J connectivity index is 1.27. The standard InChI is InChI=1S/C43H28N2/c1-2-15-32(16-3-1)45-40-24-11-10-23-39(40)44-43(45)31-27-25-30(26-28-31)41-35-18-6-8-20-37(35)42(38-21-9-7-19-36(38)41)34-22-12-14-29-13-4-5-17-33(29)34/h1-28H/i1D,2D,3D,15D,16D. The number of imidazole rings is 1. The predicted octanol–water partition coefficient (Wildman–Crippen LogP) is 11.5. The van der Waals surface area contributed by atoms with Crippen LogP contribution >= 0.6 is 0 Å². The van der Waals surface area contributed by atoms with Crippen molar-refractivity contribution in [2.75, 3.05) is 0 Å². The first-order valence-corrected chi connectivity index (χ1v) is 15.0. The fourth-order valence-electron chi connectivity index (χ4n) is 6.76. The lowest BCUT2D eigenvalue weighted by atomic mass is 9.84. The molecule has 0 saturated carbocycles. The van der Waals surface area contributed by atoms with Gasteiger partial charge >= 0.3 is 0 Å². The van der Waals surface area contributed by atoms with Crippen molar-refractivity contribution < 1.29 is 6.85 Å². The molecule has 0 aliphatic carbocycles. The summed E-state index contributed by atoms with van der Waals surface area (Å²) in [5, 5.41) is 7.05. The summed E-state index contributed by atoms with van der Waals surface area (Å²) in [4.78, 5) is 4.92. The van der Waals surface area contributed by atoms with E-state index in [1.54, 1.807) is 4.57 Å². The van der Waals surface area contributed by atoms with Crippen LogP contribution in [0.3, 0.4) is 0 Å². The minimum Gasteiger partial charge on any atom is -0.292 e. The molecule has 0 bridgehead atoms. The van der Waals surface area contributed by atoms with Gasteiger partial charge in [-0.2, -0.15) is 0 Å². The SMILES string of the molecule is [2H]c1c([2H])c([2H])c(-n2c(-c3ccc(-c4c5ccccc5c(-c5cccc6ccccc56)c5ccccc45)cc3)nc3ccccc32)c([2H])c1[2H]. The monoisotopic (exact) mass is 577 g/mol. The highest BCUT2D eigenvalue weighted by molar-refractivity contribution is 6.23. The summed E-state index contributed by atoms with van der Waals surface area (Å²) < 4.78 is 44.0. The molecule has 45 heavy (non-hydrogen) atoms. The molecule has 0 aliphatic heterocycles. The second-order valence-electron chi connectivity index (χ2n) is 11.2. The van der Waals surface area contributed by atoms with Crippen LogP contribution in [-0.4, -0.2) is 9.55 Å². The van der Waals surface area contributed by atoms with Crippen LogP contribution in [0.4, 0.5) is 0 Å². The quantitative estimate of drug-likeness (QED) is 0.190. The molecule has 0 saturated heterocycles. The molecular weight excluding hydrogens is 544 g/mol. The van der Waals surface area contributed by atoms with Gasteiger partial charge in [-0.3, -0.25) is 4.57 Å². The van der Waals surface area contributed by atoms with Gasteiger partial charge in [0.2, 0.25) is 0 Å². The summed E-state index contributed by atoms with van der Waals surface area (Å²) in [6.07, 6.45) is 0. The minimum absolute atomic E-state index is 0.0739. The van der Waals surface area contributed by atoms with Crippen LogP contribution in [-0.2, 0) is 0 Å². The van der Waals surface area contributed by atoms with E-state index in [0.717, 1.165) is 27.5 Å². The predicted molar refractivity (Wildman–Crippen MR) is 190 cm³/mol. The van der Waals surface area contributed by atoms with Gasteiger partial charge in [0.15, 0.2) is 0 Å². The molecule has 1 aromatic heterocycles. The lowest BCUT2D eigenvalue weighted by Gasteiger charge is -2.19. The third-order valence-corrected chi connectivity index (χ3v) is 8.69. The molecule has 0 radical (unpaired) electrons. The Kier molecular flexibility index (Phi) is 4.78. The fraction of sp³-hybridized carbons (Fsp3) is 0. The summed E-state index contributed by atoms with van der Waals surface area (Å²) in [5.74, 6) is 0.498. The number of para-hydroxylation sites is 3. The van der Waals surface area contributed by atoms with Crippen LogP contribution in [0.5, 0.6) is 0 Å². The molecule has 0 unspecified atom stereocenters. The summed E-state index contributed by atoms with van der Waals surface area (Å²) in [5.41, 5.74) is 6.74. The first-order valence-electron chi connectivity index (χ1n) is 17.5. The van der Waals surface area contributed by atoms with Crippen molar-refractivity contribution >= 4 is 43.4 Å². The van der Waals surface area contributed by atoms with Gasteiger partial charge in [-0.25, -0.2) is 4.98 Å². The van der Waals surface area contributed by atoms with Gasteiger partial charge < -0.3 is 0 Å². The second-order valence-corrected chi connectivity index (χ2v) is 11.2. The van der Waals surface area contributed by atoms with E-state index >= 15 is 0 Å². The Morgan fingerprint density at radius 2 is 1.02 bits per heavy atom. The van der Waals surface area contributed by atoms with Crippen molar-refractivity contribution in [2.24, 2.45) is 0 Å². The molecule has 2 heteroatoms. The van der Waals surface area contributed by atoms with Crippen LogP contribution < -0.4 is 0 Å². The van der Waals surface area contributed by atoms with Gasteiger partial charge in [-0.05, 0) is 78.8 Å². The van der Waals surface area contributed by atoms with E-state index in [4.69, 9.17) is 11.8 Å². The molecule has 0 aliphatic rings. The van der Waals surface area contributed by atoms with Gasteiger partial charge in [0.1, 0.15) is 5.82 Å². The van der Waals surface area contributed by atoms with E-state index in [9.17, 15) is 0 Å². The first kappa shape index (κ1) is 20.8. The second kappa shape index (κ2) is 10.3. The maximum absolute atomic E-state index is 8.75. The number of hydrogen-bond donors (Lipinski definition) is 0. The van der Waals surface area contributed by atoms with Crippen molar-refractivity contribution in [2.45, 2.75) is 0 Å². The Morgan fingerprint density at radius 1 is 0.467 bits per heavy atom. The number of aromatic nitrogens is 2. The summed E-state index contributed by atoms with van der Waals surface area (Å²) >= 11 is 0. The zero-order valence-corrected chi connectivity index (χ0v) is 24.2. The topological polar surface area (TPSA) is 17.8 Å². The summed E-state index contributed by atoms with van der Waals surface area (Å²) in [7, 11) is 0. The molecule has 9 aromatic rings. The van der Waals surface area contributed by atoms with Crippen LogP contribution in [0.25, 0.3) is 82.7 Å². The number of nitrogens with zero attached hydrogens (tertiary/aromatic N) is 2. The summed E-state index contributed by atoms with van der Waals surface area (Å²) in [6.45, 7) is 0. The van der Waals surface area contributed by atoms with Gasteiger partial charge in [-0.15, -0.1) is 0 Å². The van der Waals surface area contributed by atoms with E-state index in [1.807, 2.05) is 36.4 Å². The minimum atomic E-state index is -0.426. The molecule has 2 nitrogen and oxygen atoms in total. The molecule has 1 heterocycles. The van der Waals surface area contributed by atoms with Crippen molar-refractivity contribution in [3.8, 4) is 39.3 Å². The maximum atomic E-state index is 8.75. The third kappa shape index (κ3) is 4.07. The van der Waals surface area contributed by atoms with E-state index in [1.165, 1.54) is 32.7 Å². The van der Waals surface area contributed by atoms with Gasteiger partial charge in [-0.1, -0.05) is 146 Å². The molecule has 0 amide bonds. The lowest BCUT2D eigenvalue weighted by molar-refractivity contribution is 1.10. The highest BCUT2D eigenvalue weighted by Gasteiger charge is 2.19. The van der Waals surface area contributed by atoms with Crippen LogP contribution in [0.1, 0.15) is 6.85 Å². The highest BCUT2D eigenvalue weighted by atomic mass is 15.1. The van der Waals surface area contributed by atoms with E-state index in [-0.39, 0.29) is 29.9 Å². The van der Waals surface area contributed by atoms with E-state index in [2.05, 4.69) is 103 Å². The van der Waals surface area contributed by atoms with Gasteiger partial charge in [0.25, 0.3) is 0 Å². The number of fused-ring (bicyclic) bond motifs is 4. The van der Waals surface area contributed by atoms with Crippen molar-refractivity contribution in [1.82, 2.24) is 9.55 Å². The van der Waals surface area contributed by atoms with Crippen LogP contribution in [0, 0.1) is 0 Å². The van der Waals surface area contributed by atoms with Crippen molar-refractivity contribution in [1.29, 1.82) is 0 Å². The van der Waals surface area contributed by atoms with E-state index < -0.39 is 6.04 Å². The Morgan fingerprint density at radius 3 is 1.73 bits per heavy atom. The smallest absolute Gasteiger partial charge is 0.145 e. The van der Waals surface area contributed by atoms with Crippen LogP contribution in [0.2, 0.25) is 0 Å². The zero-order valence-electron chi connectivity index (χ0n) is 29.2. The van der Waals surface area contributed by atoms with Crippen molar-refractivity contribution in [3.63, 3.8) is 0 Å². The Bertz CT molecular complexity index is 2730. The third-order valence-electron chi connectivity index (χ3n) is 8.69. The highest BCUT2D eigenvalue weighted by Crippen LogP contribution is 2.45. The van der Waals surface area contributed by atoms with Crippen molar-refractivity contribution in [3.05, 3.63) is 170 Å². The number of benzene rings is 8. The average molecular weight is 578 g/mol. The van der Waals surface area contributed by atoms with E-state index in [0.29, 0.717) is 16.9 Å². The molecule has 210 valence electrons. The van der Waals surface area contributed by atoms with Gasteiger partial charge in [0.05, 0.1) is 17.9 Å².